The summed E-state index contributed by atoms with van der Waals surface area (Å²) < 4.78 is 27.6. The highest BCUT2D eigenvalue weighted by atomic mass is 79.9. The Kier molecular flexibility index (Phi) is 5.16. The van der Waals surface area contributed by atoms with Crippen LogP contribution in [0.25, 0.3) is 0 Å². The normalized spacial score (nSPS) is 11.6. The summed E-state index contributed by atoms with van der Waals surface area (Å²) in [4.78, 5) is 0.159. The van der Waals surface area contributed by atoms with E-state index in [1.54, 1.807) is 12.1 Å². The third kappa shape index (κ3) is 4.14. The average Bonchev–Trinajstić information content (AvgIpc) is 2.46. The molecule has 112 valence electrons. The molecule has 0 saturated heterocycles. The van der Waals surface area contributed by atoms with Crippen LogP contribution in [-0.4, -0.2) is 13.5 Å². The van der Waals surface area contributed by atoms with Gasteiger partial charge in [0.25, 0.3) is 0 Å². The molecule has 2 rings (SSSR count). The minimum absolute atomic E-state index is 0.129. The first-order valence-electron chi connectivity index (χ1n) is 6.37. The first kappa shape index (κ1) is 16.2. The summed E-state index contributed by atoms with van der Waals surface area (Å²) in [6.07, 6.45) is 0. The van der Waals surface area contributed by atoms with Gasteiger partial charge in [-0.05, 0) is 46.1 Å². The Morgan fingerprint density at radius 3 is 2.29 bits per heavy atom. The van der Waals surface area contributed by atoms with Gasteiger partial charge in [-0.25, -0.2) is 13.1 Å². The summed E-state index contributed by atoms with van der Waals surface area (Å²) in [5, 5.41) is 9.04. The molecule has 0 aromatic heterocycles. The zero-order chi connectivity index (χ0) is 15.5. The Morgan fingerprint density at radius 1 is 1.10 bits per heavy atom. The van der Waals surface area contributed by atoms with Crippen molar-refractivity contribution in [3.63, 3.8) is 0 Å². The molecule has 6 heteroatoms. The molecular weight excluding hydrogens is 354 g/mol. The van der Waals surface area contributed by atoms with Crippen molar-refractivity contribution in [3.8, 4) is 0 Å². The van der Waals surface area contributed by atoms with Crippen LogP contribution in [0.3, 0.4) is 0 Å². The molecule has 0 heterocycles. The van der Waals surface area contributed by atoms with Gasteiger partial charge in [0, 0.05) is 11.0 Å². The first-order chi connectivity index (χ1) is 9.92. The Morgan fingerprint density at radius 2 is 1.71 bits per heavy atom. The predicted molar refractivity (Wildman–Crippen MR) is 85.3 cm³/mol. The number of nitrogens with one attached hydrogen (secondary N) is 1. The summed E-state index contributed by atoms with van der Waals surface area (Å²) in [6, 6.07) is 12.3. The number of hydrogen-bond donors (Lipinski definition) is 2. The van der Waals surface area contributed by atoms with E-state index in [1.807, 2.05) is 31.2 Å². The largest absolute Gasteiger partial charge is 0.392 e. The van der Waals surface area contributed by atoms with Gasteiger partial charge in [0.1, 0.15) is 0 Å². The third-order valence-electron chi connectivity index (χ3n) is 3.06. The number of aryl methyl sites for hydroxylation is 1. The van der Waals surface area contributed by atoms with E-state index in [0.717, 1.165) is 11.1 Å². The standard InChI is InChI=1S/C15H16BrNO3S/c1-11-2-4-12(5-3-11)9-17-21(19,20)15-7-6-13(10-18)8-14(15)16/h2-8,17-18H,9-10H2,1H3. The maximum Gasteiger partial charge on any atom is 0.241 e. The molecule has 2 aromatic carbocycles. The number of aliphatic hydroxyl groups excluding tert-OH is 1. The quantitative estimate of drug-likeness (QED) is 0.851. The summed E-state index contributed by atoms with van der Waals surface area (Å²) in [7, 11) is -3.60. The van der Waals surface area contributed by atoms with Crippen LogP contribution in [-0.2, 0) is 23.2 Å². The lowest BCUT2D eigenvalue weighted by Crippen LogP contribution is -2.23. The van der Waals surface area contributed by atoms with E-state index in [1.165, 1.54) is 6.07 Å². The maximum atomic E-state index is 12.3. The fraction of sp³-hybridized carbons (Fsp3) is 0.200. The number of hydrogen-bond acceptors (Lipinski definition) is 3. The first-order valence-corrected chi connectivity index (χ1v) is 8.64. The lowest BCUT2D eigenvalue weighted by atomic mass is 10.2. The Labute approximate surface area is 133 Å². The minimum atomic E-state index is -3.60. The summed E-state index contributed by atoms with van der Waals surface area (Å²) in [5.74, 6) is 0. The Bertz CT molecular complexity index is 727. The molecule has 4 nitrogen and oxygen atoms in total. The summed E-state index contributed by atoms with van der Waals surface area (Å²) in [5.41, 5.74) is 2.68. The van der Waals surface area contributed by atoms with Crippen molar-refractivity contribution < 1.29 is 13.5 Å². The van der Waals surface area contributed by atoms with Crippen molar-refractivity contribution >= 4 is 26.0 Å². The monoisotopic (exact) mass is 369 g/mol. The molecule has 0 aliphatic rings. The lowest BCUT2D eigenvalue weighted by molar-refractivity contribution is 0.281. The molecule has 21 heavy (non-hydrogen) atoms. The van der Waals surface area contributed by atoms with Crippen molar-refractivity contribution in [2.24, 2.45) is 0 Å². The second kappa shape index (κ2) is 6.70. The molecule has 0 spiro atoms. The van der Waals surface area contributed by atoms with Crippen molar-refractivity contribution in [1.82, 2.24) is 4.72 Å². The van der Waals surface area contributed by atoms with E-state index in [4.69, 9.17) is 5.11 Å². The van der Waals surface area contributed by atoms with Gasteiger partial charge in [0.15, 0.2) is 0 Å². The zero-order valence-corrected chi connectivity index (χ0v) is 13.9. The Balaban J connectivity index is 2.16. The molecule has 0 bridgehead atoms. The molecule has 0 fully saturated rings. The number of sulfonamides is 1. The van der Waals surface area contributed by atoms with Crippen LogP contribution in [0.2, 0.25) is 0 Å². The number of rotatable bonds is 5. The van der Waals surface area contributed by atoms with E-state index in [2.05, 4.69) is 20.7 Å². The molecule has 0 aliphatic heterocycles. The molecule has 0 saturated carbocycles. The van der Waals surface area contributed by atoms with E-state index in [-0.39, 0.29) is 18.0 Å². The van der Waals surface area contributed by atoms with Gasteiger partial charge >= 0.3 is 0 Å². The average molecular weight is 370 g/mol. The van der Waals surface area contributed by atoms with Gasteiger partial charge < -0.3 is 5.11 Å². The highest BCUT2D eigenvalue weighted by Gasteiger charge is 2.17. The highest BCUT2D eigenvalue weighted by molar-refractivity contribution is 9.10. The second-order valence-electron chi connectivity index (χ2n) is 4.73. The van der Waals surface area contributed by atoms with Crippen molar-refractivity contribution in [1.29, 1.82) is 0 Å². The van der Waals surface area contributed by atoms with Crippen molar-refractivity contribution in [2.45, 2.75) is 25.0 Å². The van der Waals surface area contributed by atoms with Gasteiger partial charge in [-0.3, -0.25) is 0 Å². The van der Waals surface area contributed by atoms with Crippen LogP contribution in [0.4, 0.5) is 0 Å². The molecule has 2 N–H and O–H groups in total. The molecular formula is C15H16BrNO3S. The zero-order valence-electron chi connectivity index (χ0n) is 11.5. The van der Waals surface area contributed by atoms with E-state index in [0.29, 0.717) is 10.0 Å². The topological polar surface area (TPSA) is 66.4 Å². The van der Waals surface area contributed by atoms with Crippen LogP contribution in [0.1, 0.15) is 16.7 Å². The van der Waals surface area contributed by atoms with Gasteiger partial charge in [-0.15, -0.1) is 0 Å². The molecule has 0 unspecified atom stereocenters. The van der Waals surface area contributed by atoms with Crippen molar-refractivity contribution in [3.05, 3.63) is 63.6 Å². The minimum Gasteiger partial charge on any atom is -0.392 e. The number of halogens is 1. The molecule has 2 aromatic rings. The number of benzene rings is 2. The predicted octanol–water partition coefficient (Wildman–Crippen LogP) is 2.73. The highest BCUT2D eigenvalue weighted by Crippen LogP contribution is 2.23. The maximum absolute atomic E-state index is 12.3. The van der Waals surface area contributed by atoms with Crippen LogP contribution in [0.5, 0.6) is 0 Å². The van der Waals surface area contributed by atoms with Gasteiger partial charge in [-0.1, -0.05) is 35.9 Å². The third-order valence-corrected chi connectivity index (χ3v) is 5.43. The smallest absolute Gasteiger partial charge is 0.241 e. The fourth-order valence-corrected chi connectivity index (χ4v) is 3.96. The van der Waals surface area contributed by atoms with E-state index in [9.17, 15) is 8.42 Å². The fourth-order valence-electron chi connectivity index (χ4n) is 1.82. The van der Waals surface area contributed by atoms with Crippen LogP contribution >= 0.6 is 15.9 Å². The molecule has 0 radical (unpaired) electrons. The number of aliphatic hydroxyl groups is 1. The lowest BCUT2D eigenvalue weighted by Gasteiger charge is -2.10. The Hall–Kier alpha value is -1.21. The summed E-state index contributed by atoms with van der Waals surface area (Å²) >= 11 is 3.23. The molecule has 0 aliphatic carbocycles. The van der Waals surface area contributed by atoms with Crippen LogP contribution in [0.15, 0.2) is 51.8 Å². The molecule has 0 atom stereocenters. The second-order valence-corrected chi connectivity index (χ2v) is 7.32. The summed E-state index contributed by atoms with van der Waals surface area (Å²) in [6.45, 7) is 2.08. The van der Waals surface area contributed by atoms with E-state index >= 15 is 0 Å². The van der Waals surface area contributed by atoms with Crippen molar-refractivity contribution in [2.75, 3.05) is 0 Å². The van der Waals surface area contributed by atoms with Crippen LogP contribution < -0.4 is 4.72 Å². The van der Waals surface area contributed by atoms with Gasteiger partial charge in [0.05, 0.1) is 11.5 Å². The van der Waals surface area contributed by atoms with Gasteiger partial charge in [0.2, 0.25) is 10.0 Å². The van der Waals surface area contributed by atoms with Gasteiger partial charge in [-0.2, -0.15) is 0 Å². The molecule has 0 amide bonds. The SMILES string of the molecule is Cc1ccc(CNS(=O)(=O)c2ccc(CO)cc2Br)cc1. The van der Waals surface area contributed by atoms with E-state index < -0.39 is 10.0 Å². The van der Waals surface area contributed by atoms with Crippen LogP contribution in [0, 0.1) is 6.92 Å².